The number of benzene rings is 2. The number of rotatable bonds is 5. The van der Waals surface area contributed by atoms with Crippen LogP contribution < -0.4 is 10.6 Å². The Hall–Kier alpha value is -3.08. The van der Waals surface area contributed by atoms with Gasteiger partial charge in [-0.25, -0.2) is 0 Å². The smallest absolute Gasteiger partial charge is 0.244 e. The molecule has 5 heteroatoms. The van der Waals surface area contributed by atoms with Gasteiger partial charge < -0.3 is 15.7 Å². The van der Waals surface area contributed by atoms with Gasteiger partial charge in [0.15, 0.2) is 0 Å². The third-order valence-electron chi connectivity index (χ3n) is 4.23. The van der Waals surface area contributed by atoms with E-state index in [1.165, 1.54) is 6.08 Å². The lowest BCUT2D eigenvalue weighted by Gasteiger charge is -2.14. The van der Waals surface area contributed by atoms with Crippen molar-refractivity contribution in [3.63, 3.8) is 0 Å². The molecule has 25 heavy (non-hydrogen) atoms. The molecule has 1 aliphatic rings. The fourth-order valence-electron chi connectivity index (χ4n) is 2.99. The van der Waals surface area contributed by atoms with Gasteiger partial charge in [-0.2, -0.15) is 0 Å². The van der Waals surface area contributed by atoms with Crippen LogP contribution in [0.25, 0.3) is 6.08 Å². The summed E-state index contributed by atoms with van der Waals surface area (Å²) in [6.45, 7) is -0.0807. The Bertz CT molecular complexity index is 800. The van der Waals surface area contributed by atoms with Crippen LogP contribution >= 0.6 is 0 Å². The summed E-state index contributed by atoms with van der Waals surface area (Å²) in [5, 5.41) is 15.3. The predicted octanol–water partition coefficient (Wildman–Crippen LogP) is 2.33. The average Bonchev–Trinajstić information content (AvgIpc) is 3.03. The van der Waals surface area contributed by atoms with Gasteiger partial charge in [-0.15, -0.1) is 0 Å². The van der Waals surface area contributed by atoms with Gasteiger partial charge in [-0.3, -0.25) is 9.59 Å². The fourth-order valence-corrected chi connectivity index (χ4v) is 2.99. The molecule has 1 atom stereocenters. The van der Waals surface area contributed by atoms with Gasteiger partial charge in [-0.05, 0) is 41.7 Å². The van der Waals surface area contributed by atoms with Crippen LogP contribution in [0.1, 0.15) is 29.2 Å². The fraction of sp³-hybridized carbons (Fsp3) is 0.200. The Morgan fingerprint density at radius 2 is 1.92 bits per heavy atom. The number of fused-ring (bicyclic) bond motifs is 1. The molecule has 128 valence electrons. The number of hydrogen-bond acceptors (Lipinski definition) is 3. The van der Waals surface area contributed by atoms with Gasteiger partial charge in [-0.1, -0.05) is 42.5 Å². The molecular formula is C20H20N2O3. The second kappa shape index (κ2) is 7.66. The second-order valence-electron chi connectivity index (χ2n) is 5.97. The minimum atomic E-state index is -0.316. The van der Waals surface area contributed by atoms with Gasteiger partial charge in [0.25, 0.3) is 0 Å². The predicted molar refractivity (Wildman–Crippen MR) is 95.8 cm³/mol. The van der Waals surface area contributed by atoms with Crippen LogP contribution in [-0.4, -0.2) is 23.5 Å². The summed E-state index contributed by atoms with van der Waals surface area (Å²) in [5.74, 6) is -0.292. The minimum absolute atomic E-state index is 0.0807. The SMILES string of the molecule is O=C(/C=C\c1ccccc1)NCC(=O)N[C@H]1CCc2c(O)cccc21. The molecule has 0 fully saturated rings. The van der Waals surface area contributed by atoms with Gasteiger partial charge in [0, 0.05) is 6.08 Å². The molecule has 0 aliphatic heterocycles. The molecule has 5 nitrogen and oxygen atoms in total. The number of phenolic OH excluding ortho intramolecular Hbond substituents is 1. The third-order valence-corrected chi connectivity index (χ3v) is 4.23. The van der Waals surface area contributed by atoms with Crippen LogP contribution in [0.3, 0.4) is 0 Å². The zero-order chi connectivity index (χ0) is 17.6. The Balaban J connectivity index is 1.49. The Morgan fingerprint density at radius 1 is 1.12 bits per heavy atom. The summed E-state index contributed by atoms with van der Waals surface area (Å²) in [6, 6.07) is 14.7. The van der Waals surface area contributed by atoms with Gasteiger partial charge in [0.05, 0.1) is 12.6 Å². The number of hydrogen-bond donors (Lipinski definition) is 3. The van der Waals surface area contributed by atoms with Gasteiger partial charge in [0.2, 0.25) is 11.8 Å². The van der Waals surface area contributed by atoms with E-state index < -0.39 is 0 Å². The molecule has 0 heterocycles. The normalized spacial score (nSPS) is 15.8. The van der Waals surface area contributed by atoms with Crippen LogP contribution in [0.2, 0.25) is 0 Å². The standard InChI is InChI=1S/C20H20N2O3/c23-18-8-4-7-15-16(18)10-11-17(15)22-20(25)13-21-19(24)12-9-14-5-2-1-3-6-14/h1-9,12,17,23H,10-11,13H2,(H,21,24)(H,22,25)/b12-9-/t17-/m0/s1. The zero-order valence-corrected chi connectivity index (χ0v) is 13.7. The maximum Gasteiger partial charge on any atom is 0.244 e. The van der Waals surface area contributed by atoms with E-state index in [1.54, 1.807) is 18.2 Å². The van der Waals surface area contributed by atoms with Gasteiger partial charge >= 0.3 is 0 Å². The molecule has 3 rings (SSSR count). The Kier molecular flexibility index (Phi) is 5.14. The summed E-state index contributed by atoms with van der Waals surface area (Å²) in [7, 11) is 0. The molecule has 1 aliphatic carbocycles. The van der Waals surface area contributed by atoms with Crippen molar-refractivity contribution < 1.29 is 14.7 Å². The molecule has 2 aromatic carbocycles. The first-order valence-electron chi connectivity index (χ1n) is 8.24. The van der Waals surface area contributed by atoms with Crippen molar-refractivity contribution in [1.82, 2.24) is 10.6 Å². The third kappa shape index (κ3) is 4.26. The molecule has 2 aromatic rings. The Labute approximate surface area is 146 Å². The monoisotopic (exact) mass is 336 g/mol. The van der Waals surface area contributed by atoms with E-state index in [1.807, 2.05) is 36.4 Å². The molecule has 0 radical (unpaired) electrons. The summed E-state index contributed by atoms with van der Waals surface area (Å²) < 4.78 is 0. The quantitative estimate of drug-likeness (QED) is 0.733. The lowest BCUT2D eigenvalue weighted by atomic mass is 10.1. The zero-order valence-electron chi connectivity index (χ0n) is 13.7. The van der Waals surface area contributed by atoms with Crippen molar-refractivity contribution in [2.45, 2.75) is 18.9 Å². The average molecular weight is 336 g/mol. The van der Waals surface area contributed by atoms with Crippen molar-refractivity contribution in [2.75, 3.05) is 6.54 Å². The largest absolute Gasteiger partial charge is 0.508 e. The Morgan fingerprint density at radius 3 is 2.72 bits per heavy atom. The number of carbonyl (C=O) groups excluding carboxylic acids is 2. The highest BCUT2D eigenvalue weighted by molar-refractivity contribution is 5.94. The van der Waals surface area contributed by atoms with E-state index in [0.29, 0.717) is 0 Å². The summed E-state index contributed by atoms with van der Waals surface area (Å²) in [6.07, 6.45) is 4.59. The number of nitrogens with one attached hydrogen (secondary N) is 2. The first-order chi connectivity index (χ1) is 12.1. The molecule has 2 amide bonds. The highest BCUT2D eigenvalue weighted by Crippen LogP contribution is 2.36. The van der Waals surface area contributed by atoms with Crippen LogP contribution in [-0.2, 0) is 16.0 Å². The first-order valence-corrected chi connectivity index (χ1v) is 8.24. The van der Waals surface area contributed by atoms with Crippen molar-refractivity contribution in [1.29, 1.82) is 0 Å². The molecular weight excluding hydrogens is 316 g/mol. The number of aromatic hydroxyl groups is 1. The van der Waals surface area contributed by atoms with E-state index in [-0.39, 0.29) is 30.2 Å². The van der Waals surface area contributed by atoms with Crippen molar-refractivity contribution in [3.05, 3.63) is 71.3 Å². The van der Waals surface area contributed by atoms with E-state index in [9.17, 15) is 14.7 Å². The van der Waals surface area contributed by atoms with E-state index in [2.05, 4.69) is 10.6 Å². The second-order valence-corrected chi connectivity index (χ2v) is 5.97. The topological polar surface area (TPSA) is 78.4 Å². The molecule has 0 unspecified atom stereocenters. The van der Waals surface area contributed by atoms with Crippen LogP contribution in [0.5, 0.6) is 5.75 Å². The molecule has 0 saturated heterocycles. The van der Waals surface area contributed by atoms with Crippen LogP contribution in [0.4, 0.5) is 0 Å². The van der Waals surface area contributed by atoms with Crippen molar-refractivity contribution in [3.8, 4) is 5.75 Å². The van der Waals surface area contributed by atoms with Crippen molar-refractivity contribution >= 4 is 17.9 Å². The molecule has 0 aromatic heterocycles. The maximum atomic E-state index is 12.1. The van der Waals surface area contributed by atoms with Crippen LogP contribution in [0, 0.1) is 0 Å². The van der Waals surface area contributed by atoms with E-state index >= 15 is 0 Å². The summed E-state index contributed by atoms with van der Waals surface area (Å²) in [5.41, 5.74) is 2.76. The van der Waals surface area contributed by atoms with E-state index in [0.717, 1.165) is 29.5 Å². The lowest BCUT2D eigenvalue weighted by molar-refractivity contribution is -0.124. The number of amides is 2. The molecule has 3 N–H and O–H groups in total. The van der Waals surface area contributed by atoms with E-state index in [4.69, 9.17) is 0 Å². The molecule has 0 spiro atoms. The molecule has 0 bridgehead atoms. The summed E-state index contributed by atoms with van der Waals surface area (Å²) >= 11 is 0. The highest BCUT2D eigenvalue weighted by atomic mass is 16.3. The number of carbonyl (C=O) groups is 2. The first kappa shape index (κ1) is 16.8. The lowest BCUT2D eigenvalue weighted by Crippen LogP contribution is -2.37. The highest BCUT2D eigenvalue weighted by Gasteiger charge is 2.25. The maximum absolute atomic E-state index is 12.1. The summed E-state index contributed by atoms with van der Waals surface area (Å²) in [4.78, 5) is 23.9. The minimum Gasteiger partial charge on any atom is -0.508 e. The molecule has 0 saturated carbocycles. The number of phenols is 1. The van der Waals surface area contributed by atoms with Crippen LogP contribution in [0.15, 0.2) is 54.6 Å². The van der Waals surface area contributed by atoms with Gasteiger partial charge in [0.1, 0.15) is 5.75 Å². The van der Waals surface area contributed by atoms with Crippen molar-refractivity contribution in [2.24, 2.45) is 0 Å².